The first-order valence-electron chi connectivity index (χ1n) is 11.9. The maximum Gasteiger partial charge on any atom is 0.249 e. The summed E-state index contributed by atoms with van der Waals surface area (Å²) < 4.78 is 4.98. The SMILES string of the molecule is COCC(=O)N(CC(=O)Nc1ccc2c(c1)CC1(C2)C(=O)Nc2ncccc21)Cc1ccccc1C=O. The van der Waals surface area contributed by atoms with Crippen molar-refractivity contribution in [2.24, 2.45) is 0 Å². The molecule has 1 unspecified atom stereocenters. The van der Waals surface area contributed by atoms with Crippen LogP contribution in [0.2, 0.25) is 0 Å². The van der Waals surface area contributed by atoms with Crippen LogP contribution in [0.3, 0.4) is 0 Å². The fourth-order valence-corrected chi connectivity index (χ4v) is 5.16. The second-order valence-corrected chi connectivity index (χ2v) is 9.32. The second-order valence-electron chi connectivity index (χ2n) is 9.32. The summed E-state index contributed by atoms with van der Waals surface area (Å²) in [6.45, 7) is -0.298. The molecule has 0 saturated carbocycles. The van der Waals surface area contributed by atoms with Crippen molar-refractivity contribution in [3.05, 3.63) is 88.6 Å². The first-order chi connectivity index (χ1) is 17.9. The normalized spacial score (nSPS) is 17.2. The molecule has 0 saturated heterocycles. The summed E-state index contributed by atoms with van der Waals surface area (Å²) >= 11 is 0. The molecule has 1 aliphatic heterocycles. The molecular formula is C28H26N4O5. The number of anilines is 2. The molecule has 0 radical (unpaired) electrons. The summed E-state index contributed by atoms with van der Waals surface area (Å²) in [4.78, 5) is 55.6. The van der Waals surface area contributed by atoms with E-state index in [9.17, 15) is 19.2 Å². The van der Waals surface area contributed by atoms with Crippen molar-refractivity contribution >= 4 is 35.5 Å². The molecule has 0 bridgehead atoms. The summed E-state index contributed by atoms with van der Waals surface area (Å²) in [6, 6.07) is 16.3. The molecule has 2 aromatic carbocycles. The first kappa shape index (κ1) is 24.3. The zero-order valence-electron chi connectivity index (χ0n) is 20.3. The number of amides is 3. The number of carbonyl (C=O) groups is 4. The lowest BCUT2D eigenvalue weighted by Gasteiger charge is -2.23. The quantitative estimate of drug-likeness (QED) is 0.461. The topological polar surface area (TPSA) is 118 Å². The van der Waals surface area contributed by atoms with E-state index in [0.29, 0.717) is 35.5 Å². The number of nitrogens with zero attached hydrogens (tertiary/aromatic N) is 2. The number of carbonyl (C=O) groups excluding carboxylic acids is 4. The highest BCUT2D eigenvalue weighted by Crippen LogP contribution is 2.46. The summed E-state index contributed by atoms with van der Waals surface area (Å²) in [5, 5.41) is 5.76. The molecule has 1 atom stereocenters. The molecule has 188 valence electrons. The minimum absolute atomic E-state index is 0.0640. The molecular weight excluding hydrogens is 472 g/mol. The predicted octanol–water partition coefficient (Wildman–Crippen LogP) is 2.50. The van der Waals surface area contributed by atoms with Crippen LogP contribution in [0.1, 0.15) is 32.6 Å². The Morgan fingerprint density at radius 1 is 1.14 bits per heavy atom. The lowest BCUT2D eigenvalue weighted by molar-refractivity contribution is -0.138. The third kappa shape index (κ3) is 4.61. The average molecular weight is 499 g/mol. The number of ether oxygens (including phenoxy) is 1. The Morgan fingerprint density at radius 2 is 1.95 bits per heavy atom. The minimum Gasteiger partial charge on any atom is -0.375 e. The number of aromatic nitrogens is 1. The van der Waals surface area contributed by atoms with Crippen LogP contribution in [0.25, 0.3) is 0 Å². The van der Waals surface area contributed by atoms with Gasteiger partial charge in [-0.15, -0.1) is 0 Å². The van der Waals surface area contributed by atoms with Gasteiger partial charge in [-0.25, -0.2) is 4.98 Å². The van der Waals surface area contributed by atoms with Crippen LogP contribution in [0, 0.1) is 0 Å². The van der Waals surface area contributed by atoms with E-state index in [1.54, 1.807) is 36.5 Å². The van der Waals surface area contributed by atoms with Gasteiger partial charge >= 0.3 is 0 Å². The largest absolute Gasteiger partial charge is 0.375 e. The smallest absolute Gasteiger partial charge is 0.249 e. The molecule has 2 N–H and O–H groups in total. The maximum absolute atomic E-state index is 13.0. The molecule has 3 aromatic rings. The zero-order chi connectivity index (χ0) is 26.0. The van der Waals surface area contributed by atoms with Gasteiger partial charge in [0, 0.05) is 36.7 Å². The standard InChI is InChI=1S/C28H26N4O5/c1-37-17-25(35)32(14-19-5-2-3-6-20(19)16-33)15-24(34)30-22-9-8-18-12-28(13-21(18)11-22)23-7-4-10-29-26(23)31-27(28)36/h2-11,16H,12-15,17H2,1H3,(H,30,34)(H,29,31,36). The number of hydrogen-bond donors (Lipinski definition) is 2. The van der Waals surface area contributed by atoms with Gasteiger partial charge < -0.3 is 20.3 Å². The highest BCUT2D eigenvalue weighted by atomic mass is 16.5. The van der Waals surface area contributed by atoms with E-state index in [4.69, 9.17) is 4.74 Å². The van der Waals surface area contributed by atoms with Gasteiger partial charge in [-0.2, -0.15) is 0 Å². The number of hydrogen-bond acceptors (Lipinski definition) is 6. The number of pyridine rings is 1. The molecule has 37 heavy (non-hydrogen) atoms. The predicted molar refractivity (Wildman–Crippen MR) is 136 cm³/mol. The summed E-state index contributed by atoms with van der Waals surface area (Å²) in [5.41, 5.74) is 3.91. The lowest BCUT2D eigenvalue weighted by Crippen LogP contribution is -2.39. The Hall–Kier alpha value is -4.37. The van der Waals surface area contributed by atoms with Gasteiger partial charge in [-0.3, -0.25) is 19.2 Å². The van der Waals surface area contributed by atoms with Crippen molar-refractivity contribution in [1.29, 1.82) is 0 Å². The van der Waals surface area contributed by atoms with Crippen LogP contribution in [-0.2, 0) is 43.9 Å². The fourth-order valence-electron chi connectivity index (χ4n) is 5.16. The molecule has 9 nitrogen and oxygen atoms in total. The summed E-state index contributed by atoms with van der Waals surface area (Å²) in [6.07, 6.45) is 3.46. The second kappa shape index (κ2) is 9.94. The molecule has 1 aliphatic carbocycles. The fraction of sp³-hybridized carbons (Fsp3) is 0.250. The number of aldehydes is 1. The van der Waals surface area contributed by atoms with Crippen molar-refractivity contribution in [1.82, 2.24) is 9.88 Å². The highest BCUT2D eigenvalue weighted by molar-refractivity contribution is 6.06. The maximum atomic E-state index is 13.0. The van der Waals surface area contributed by atoms with Crippen LogP contribution in [0.4, 0.5) is 11.5 Å². The third-order valence-corrected chi connectivity index (χ3v) is 6.96. The molecule has 1 spiro atoms. The van der Waals surface area contributed by atoms with E-state index in [0.717, 1.165) is 23.0 Å². The Labute approximate surface area is 213 Å². The van der Waals surface area contributed by atoms with Crippen LogP contribution in [-0.4, -0.2) is 54.2 Å². The van der Waals surface area contributed by atoms with Gasteiger partial charge in [0.25, 0.3) is 0 Å². The third-order valence-electron chi connectivity index (χ3n) is 6.96. The Kier molecular flexibility index (Phi) is 6.54. The van der Waals surface area contributed by atoms with Gasteiger partial charge in [0.1, 0.15) is 25.3 Å². The summed E-state index contributed by atoms with van der Waals surface area (Å²) in [5.74, 6) is -0.209. The van der Waals surface area contributed by atoms with Gasteiger partial charge in [0.2, 0.25) is 17.7 Å². The van der Waals surface area contributed by atoms with Crippen LogP contribution >= 0.6 is 0 Å². The van der Waals surface area contributed by atoms with E-state index < -0.39 is 5.41 Å². The lowest BCUT2D eigenvalue weighted by atomic mass is 9.79. The van der Waals surface area contributed by atoms with Crippen molar-refractivity contribution in [2.75, 3.05) is 30.9 Å². The highest BCUT2D eigenvalue weighted by Gasteiger charge is 2.51. The van der Waals surface area contributed by atoms with Crippen LogP contribution in [0.15, 0.2) is 60.8 Å². The Morgan fingerprint density at radius 3 is 2.76 bits per heavy atom. The molecule has 2 heterocycles. The average Bonchev–Trinajstić information content (AvgIpc) is 3.41. The number of fused-ring (bicyclic) bond motifs is 3. The molecule has 0 fully saturated rings. The van der Waals surface area contributed by atoms with E-state index in [1.165, 1.54) is 12.0 Å². The Bertz CT molecular complexity index is 1400. The van der Waals surface area contributed by atoms with Gasteiger partial charge in [0.15, 0.2) is 0 Å². The number of benzene rings is 2. The first-order valence-corrected chi connectivity index (χ1v) is 11.9. The number of rotatable bonds is 8. The molecule has 1 aromatic heterocycles. The molecule has 9 heteroatoms. The van der Waals surface area contributed by atoms with Crippen molar-refractivity contribution in [3.8, 4) is 0 Å². The molecule has 5 rings (SSSR count). The molecule has 2 aliphatic rings. The van der Waals surface area contributed by atoms with Crippen LogP contribution in [0.5, 0.6) is 0 Å². The summed E-state index contributed by atoms with van der Waals surface area (Å²) in [7, 11) is 1.41. The number of methoxy groups -OCH3 is 1. The van der Waals surface area contributed by atoms with Crippen molar-refractivity contribution in [3.63, 3.8) is 0 Å². The monoisotopic (exact) mass is 498 g/mol. The van der Waals surface area contributed by atoms with E-state index in [1.807, 2.05) is 24.3 Å². The van der Waals surface area contributed by atoms with Crippen LogP contribution < -0.4 is 10.6 Å². The van der Waals surface area contributed by atoms with Gasteiger partial charge in [0.05, 0.1) is 5.41 Å². The van der Waals surface area contributed by atoms with Gasteiger partial charge in [-0.05, 0) is 47.7 Å². The van der Waals surface area contributed by atoms with E-state index in [-0.39, 0.29) is 37.4 Å². The van der Waals surface area contributed by atoms with E-state index >= 15 is 0 Å². The molecule has 3 amide bonds. The van der Waals surface area contributed by atoms with E-state index in [2.05, 4.69) is 15.6 Å². The minimum atomic E-state index is -0.691. The van der Waals surface area contributed by atoms with Crippen molar-refractivity contribution < 1.29 is 23.9 Å². The Balaban J connectivity index is 1.31. The zero-order valence-corrected chi connectivity index (χ0v) is 20.3. The van der Waals surface area contributed by atoms with Gasteiger partial charge in [-0.1, -0.05) is 36.4 Å². The number of nitrogens with one attached hydrogen (secondary N) is 2. The van der Waals surface area contributed by atoms with Crippen molar-refractivity contribution in [2.45, 2.75) is 24.8 Å².